The van der Waals surface area contributed by atoms with Crippen LogP contribution in [0.5, 0.6) is 0 Å². The highest BCUT2D eigenvalue weighted by molar-refractivity contribution is 5.98. The predicted molar refractivity (Wildman–Crippen MR) is 69.4 cm³/mol. The van der Waals surface area contributed by atoms with Gasteiger partial charge in [-0.05, 0) is 19.5 Å². The van der Waals surface area contributed by atoms with E-state index in [0.717, 1.165) is 6.54 Å². The average Bonchev–Trinajstić information content (AvgIpc) is 2.69. The maximum absolute atomic E-state index is 11.9. The van der Waals surface area contributed by atoms with Crippen LogP contribution in [0.25, 0.3) is 0 Å². The molecule has 1 rings (SSSR count). The number of aromatic nitrogens is 1. The van der Waals surface area contributed by atoms with Gasteiger partial charge in [-0.2, -0.15) is 0 Å². The Morgan fingerprint density at radius 1 is 1.50 bits per heavy atom. The Balaban J connectivity index is 2.64. The Morgan fingerprint density at radius 2 is 2.17 bits per heavy atom. The quantitative estimate of drug-likeness (QED) is 0.658. The van der Waals surface area contributed by atoms with E-state index in [4.69, 9.17) is 5.73 Å². The van der Waals surface area contributed by atoms with E-state index in [0.29, 0.717) is 17.8 Å². The van der Waals surface area contributed by atoms with Crippen molar-refractivity contribution in [3.63, 3.8) is 0 Å². The first-order chi connectivity index (χ1) is 8.45. The van der Waals surface area contributed by atoms with Gasteiger partial charge < -0.3 is 20.9 Å². The monoisotopic (exact) mass is 252 g/mol. The second-order valence-electron chi connectivity index (χ2n) is 4.26. The van der Waals surface area contributed by atoms with E-state index in [9.17, 15) is 9.59 Å². The third kappa shape index (κ3) is 3.59. The van der Waals surface area contributed by atoms with Gasteiger partial charge in [-0.25, -0.2) is 0 Å². The van der Waals surface area contributed by atoms with Gasteiger partial charge >= 0.3 is 0 Å². The van der Waals surface area contributed by atoms with Crippen molar-refractivity contribution in [2.45, 2.75) is 19.9 Å². The topological polar surface area (TPSA) is 89.2 Å². The molecule has 0 unspecified atom stereocenters. The van der Waals surface area contributed by atoms with Crippen LogP contribution in [0.1, 0.15) is 34.7 Å². The Labute approximate surface area is 107 Å². The van der Waals surface area contributed by atoms with Gasteiger partial charge in [-0.3, -0.25) is 9.59 Å². The number of nitrogens with one attached hydrogen (secondary N) is 2. The largest absolute Gasteiger partial charge is 0.366 e. The first kappa shape index (κ1) is 14.2. The van der Waals surface area contributed by atoms with E-state index in [1.165, 1.54) is 6.07 Å². The van der Waals surface area contributed by atoms with Crippen molar-refractivity contribution >= 4 is 11.8 Å². The Bertz CT molecular complexity index is 439. The van der Waals surface area contributed by atoms with Gasteiger partial charge in [0.1, 0.15) is 5.69 Å². The fourth-order valence-electron chi connectivity index (χ4n) is 1.68. The fraction of sp³-hybridized carbons (Fsp3) is 0.500. The second-order valence-corrected chi connectivity index (χ2v) is 4.26. The highest BCUT2D eigenvalue weighted by Gasteiger charge is 2.14. The lowest BCUT2D eigenvalue weighted by Gasteiger charge is -2.13. The number of hydrogen-bond donors (Lipinski definition) is 3. The SMILES string of the molecule is CCN[C@H](C)CNC(=O)c1cc(C(N)=O)cn1C. The van der Waals surface area contributed by atoms with Crippen LogP contribution in [-0.2, 0) is 7.05 Å². The number of hydrogen-bond acceptors (Lipinski definition) is 3. The number of nitrogens with two attached hydrogens (primary N) is 1. The third-order valence-corrected chi connectivity index (χ3v) is 2.64. The van der Waals surface area contributed by atoms with E-state index in [-0.39, 0.29) is 11.9 Å². The molecule has 6 nitrogen and oxygen atoms in total. The standard InChI is InChI=1S/C12H20N4O2/c1-4-14-8(2)6-15-12(18)10-5-9(11(13)17)7-16(10)3/h5,7-8,14H,4,6H2,1-3H3,(H2,13,17)(H,15,18)/t8-/m1/s1. The summed E-state index contributed by atoms with van der Waals surface area (Å²) in [5.74, 6) is -0.750. The third-order valence-electron chi connectivity index (χ3n) is 2.64. The van der Waals surface area contributed by atoms with Gasteiger partial charge in [-0.1, -0.05) is 6.92 Å². The lowest BCUT2D eigenvalue weighted by Crippen LogP contribution is -2.39. The lowest BCUT2D eigenvalue weighted by atomic mass is 10.3. The zero-order valence-corrected chi connectivity index (χ0v) is 11.0. The van der Waals surface area contributed by atoms with E-state index in [1.807, 2.05) is 13.8 Å². The van der Waals surface area contributed by atoms with Crippen molar-refractivity contribution in [1.29, 1.82) is 0 Å². The van der Waals surface area contributed by atoms with Crippen molar-refractivity contribution < 1.29 is 9.59 Å². The van der Waals surface area contributed by atoms with Crippen LogP contribution in [0.15, 0.2) is 12.3 Å². The van der Waals surface area contributed by atoms with Crippen LogP contribution in [0.3, 0.4) is 0 Å². The van der Waals surface area contributed by atoms with Crippen molar-refractivity contribution in [2.24, 2.45) is 12.8 Å². The Morgan fingerprint density at radius 3 is 2.67 bits per heavy atom. The summed E-state index contributed by atoms with van der Waals surface area (Å²) in [4.78, 5) is 22.9. The van der Waals surface area contributed by atoms with Crippen molar-refractivity contribution in [3.05, 3.63) is 23.5 Å². The molecule has 1 heterocycles. The van der Waals surface area contributed by atoms with Gasteiger partial charge in [0, 0.05) is 25.8 Å². The van der Waals surface area contributed by atoms with E-state index in [2.05, 4.69) is 10.6 Å². The summed E-state index contributed by atoms with van der Waals surface area (Å²) in [5.41, 5.74) is 5.92. The number of rotatable bonds is 6. The number of primary amides is 1. The molecule has 0 spiro atoms. The predicted octanol–water partition coefficient (Wildman–Crippen LogP) is -0.148. The summed E-state index contributed by atoms with van der Waals surface area (Å²) in [5, 5.41) is 6.00. The number of likely N-dealkylation sites (N-methyl/N-ethyl adjacent to an activating group) is 1. The molecule has 0 saturated heterocycles. The molecular weight excluding hydrogens is 232 g/mol. The van der Waals surface area contributed by atoms with Gasteiger partial charge in [0.25, 0.3) is 5.91 Å². The lowest BCUT2D eigenvalue weighted by molar-refractivity contribution is 0.0941. The highest BCUT2D eigenvalue weighted by Crippen LogP contribution is 2.06. The molecule has 4 N–H and O–H groups in total. The molecule has 0 radical (unpaired) electrons. The molecule has 0 aliphatic rings. The van der Waals surface area contributed by atoms with Crippen LogP contribution in [0, 0.1) is 0 Å². The Kier molecular flexibility index (Phi) is 4.91. The molecule has 100 valence electrons. The van der Waals surface area contributed by atoms with Crippen molar-refractivity contribution in [1.82, 2.24) is 15.2 Å². The molecule has 1 atom stereocenters. The smallest absolute Gasteiger partial charge is 0.267 e. The number of carbonyl (C=O) groups is 2. The number of nitrogens with zero attached hydrogens (tertiary/aromatic N) is 1. The van der Waals surface area contributed by atoms with Gasteiger partial charge in [0.2, 0.25) is 5.91 Å². The number of carbonyl (C=O) groups excluding carboxylic acids is 2. The van der Waals surface area contributed by atoms with Gasteiger partial charge in [0.15, 0.2) is 0 Å². The van der Waals surface area contributed by atoms with Crippen molar-refractivity contribution in [2.75, 3.05) is 13.1 Å². The first-order valence-electron chi connectivity index (χ1n) is 5.93. The maximum Gasteiger partial charge on any atom is 0.267 e. The summed E-state index contributed by atoms with van der Waals surface area (Å²) in [6.07, 6.45) is 1.55. The summed E-state index contributed by atoms with van der Waals surface area (Å²) < 4.78 is 1.59. The molecule has 2 amide bonds. The number of amides is 2. The summed E-state index contributed by atoms with van der Waals surface area (Å²) in [6.45, 7) is 5.38. The second kappa shape index (κ2) is 6.20. The maximum atomic E-state index is 11.9. The number of aryl methyl sites for hydroxylation is 1. The van der Waals surface area contributed by atoms with Crippen LogP contribution in [-0.4, -0.2) is 35.5 Å². The molecule has 0 saturated carbocycles. The van der Waals surface area contributed by atoms with Crippen LogP contribution in [0.2, 0.25) is 0 Å². The molecule has 1 aromatic heterocycles. The van der Waals surface area contributed by atoms with Gasteiger partial charge in [0.05, 0.1) is 5.56 Å². The molecule has 18 heavy (non-hydrogen) atoms. The Hall–Kier alpha value is -1.82. The van der Waals surface area contributed by atoms with Crippen molar-refractivity contribution in [3.8, 4) is 0 Å². The molecule has 0 aliphatic heterocycles. The molecule has 0 fully saturated rings. The molecular formula is C12H20N4O2. The zero-order valence-electron chi connectivity index (χ0n) is 11.0. The summed E-state index contributed by atoms with van der Waals surface area (Å²) in [7, 11) is 1.70. The summed E-state index contributed by atoms with van der Waals surface area (Å²) in [6, 6.07) is 1.70. The van der Waals surface area contributed by atoms with E-state index >= 15 is 0 Å². The molecule has 0 bridgehead atoms. The highest BCUT2D eigenvalue weighted by atomic mass is 16.2. The normalized spacial score (nSPS) is 12.2. The molecule has 0 aliphatic carbocycles. The minimum absolute atomic E-state index is 0.204. The minimum Gasteiger partial charge on any atom is -0.366 e. The molecule has 6 heteroatoms. The van der Waals surface area contributed by atoms with Crippen LogP contribution in [0.4, 0.5) is 0 Å². The van der Waals surface area contributed by atoms with Crippen LogP contribution < -0.4 is 16.4 Å². The minimum atomic E-state index is -0.536. The van der Waals surface area contributed by atoms with Crippen LogP contribution >= 0.6 is 0 Å². The molecule has 0 aromatic carbocycles. The zero-order chi connectivity index (χ0) is 13.7. The van der Waals surface area contributed by atoms with E-state index < -0.39 is 5.91 Å². The fourth-order valence-corrected chi connectivity index (χ4v) is 1.68. The van der Waals surface area contributed by atoms with Gasteiger partial charge in [-0.15, -0.1) is 0 Å². The summed E-state index contributed by atoms with van der Waals surface area (Å²) >= 11 is 0. The first-order valence-corrected chi connectivity index (χ1v) is 5.93. The van der Waals surface area contributed by atoms with E-state index in [1.54, 1.807) is 17.8 Å². The average molecular weight is 252 g/mol. The molecule has 1 aromatic rings.